The number of aliphatic imine (C=N–C) groups is 1. The first-order valence-electron chi connectivity index (χ1n) is 11.3. The second-order valence-corrected chi connectivity index (χ2v) is 9.26. The van der Waals surface area contributed by atoms with Crippen molar-refractivity contribution in [2.24, 2.45) is 10.9 Å². The number of rotatable bonds is 5. The number of allylic oxidation sites excluding steroid dienone is 3. The molecule has 1 aliphatic heterocycles. The molecule has 0 fully saturated rings. The lowest BCUT2D eigenvalue weighted by molar-refractivity contribution is 0.0174. The van der Waals surface area contributed by atoms with Gasteiger partial charge in [0.05, 0.1) is 0 Å². The molecule has 1 aromatic carbocycles. The molecule has 0 bridgehead atoms. The van der Waals surface area contributed by atoms with Crippen molar-refractivity contribution in [3.05, 3.63) is 88.0 Å². The smallest absolute Gasteiger partial charge is 0.270 e. The van der Waals surface area contributed by atoms with Crippen LogP contribution in [0.3, 0.4) is 0 Å². The van der Waals surface area contributed by atoms with E-state index in [4.69, 9.17) is 4.99 Å². The largest absolute Gasteiger partial charge is 0.370 e. The van der Waals surface area contributed by atoms with E-state index in [9.17, 15) is 8.78 Å². The summed E-state index contributed by atoms with van der Waals surface area (Å²) in [5, 5.41) is 0. The van der Waals surface area contributed by atoms with Crippen LogP contribution in [-0.2, 0) is 12.5 Å². The molecule has 2 unspecified atom stereocenters. The fourth-order valence-corrected chi connectivity index (χ4v) is 4.52. The summed E-state index contributed by atoms with van der Waals surface area (Å²) in [6, 6.07) is 10.9. The number of pyridine rings is 1. The third-order valence-electron chi connectivity index (χ3n) is 6.37. The Labute approximate surface area is 189 Å². The van der Waals surface area contributed by atoms with Crippen LogP contribution in [0.15, 0.2) is 70.6 Å². The molecule has 4 rings (SSSR count). The number of nitrogens with zero attached hydrogens (tertiary/aromatic N) is 3. The third-order valence-corrected chi connectivity index (χ3v) is 6.37. The zero-order chi connectivity index (χ0) is 22.9. The molecule has 0 spiro atoms. The molecule has 32 heavy (non-hydrogen) atoms. The van der Waals surface area contributed by atoms with Gasteiger partial charge < -0.3 is 4.90 Å². The summed E-state index contributed by atoms with van der Waals surface area (Å²) in [5.41, 5.74) is 7.00. The fourth-order valence-electron chi connectivity index (χ4n) is 4.52. The molecule has 168 valence electrons. The average Bonchev–Trinajstić information content (AvgIpc) is 2.92. The molecule has 5 heteroatoms. The van der Waals surface area contributed by atoms with E-state index in [2.05, 4.69) is 49.0 Å². The van der Waals surface area contributed by atoms with E-state index in [1.807, 2.05) is 12.4 Å². The molecule has 1 aromatic heterocycles. The highest BCUT2D eigenvalue weighted by Gasteiger charge is 2.28. The van der Waals surface area contributed by atoms with E-state index in [0.717, 1.165) is 43.1 Å². The summed E-state index contributed by atoms with van der Waals surface area (Å²) >= 11 is 0. The van der Waals surface area contributed by atoms with Gasteiger partial charge in [0, 0.05) is 67.4 Å². The predicted octanol–water partition coefficient (Wildman–Crippen LogP) is 6.76. The van der Waals surface area contributed by atoms with Gasteiger partial charge in [0.1, 0.15) is 0 Å². The zero-order valence-electron chi connectivity index (χ0n) is 19.3. The average molecular weight is 436 g/mol. The number of alkyl halides is 2. The number of hydrogen-bond acceptors (Lipinski definition) is 3. The van der Waals surface area contributed by atoms with Crippen LogP contribution in [0.25, 0.3) is 0 Å². The lowest BCUT2D eigenvalue weighted by Crippen LogP contribution is -2.22. The molecule has 0 saturated carbocycles. The van der Waals surface area contributed by atoms with Crippen LogP contribution in [0, 0.1) is 12.8 Å². The van der Waals surface area contributed by atoms with Crippen LogP contribution in [-0.4, -0.2) is 23.1 Å². The minimum atomic E-state index is -2.82. The Hall–Kier alpha value is -2.82. The first-order valence-corrected chi connectivity index (χ1v) is 11.3. The summed E-state index contributed by atoms with van der Waals surface area (Å²) < 4.78 is 27.1. The lowest BCUT2D eigenvalue weighted by atomic mass is 9.82. The van der Waals surface area contributed by atoms with Gasteiger partial charge in [-0.3, -0.25) is 9.98 Å². The summed E-state index contributed by atoms with van der Waals surface area (Å²) in [5.74, 6) is -2.21. The van der Waals surface area contributed by atoms with Gasteiger partial charge in [0.2, 0.25) is 0 Å². The topological polar surface area (TPSA) is 28.5 Å². The van der Waals surface area contributed by atoms with Gasteiger partial charge in [-0.1, -0.05) is 43.3 Å². The Morgan fingerprint density at radius 3 is 2.53 bits per heavy atom. The third kappa shape index (κ3) is 4.98. The Bertz CT molecular complexity index is 1040. The molecule has 0 N–H and O–H groups in total. The van der Waals surface area contributed by atoms with Gasteiger partial charge in [-0.15, -0.1) is 0 Å². The molecule has 0 radical (unpaired) electrons. The number of benzene rings is 1. The van der Waals surface area contributed by atoms with Gasteiger partial charge in [-0.2, -0.15) is 0 Å². The van der Waals surface area contributed by atoms with E-state index >= 15 is 0 Å². The van der Waals surface area contributed by atoms with Crippen molar-refractivity contribution in [2.75, 3.05) is 7.05 Å². The van der Waals surface area contributed by atoms with Crippen LogP contribution in [0.5, 0.6) is 0 Å². The normalized spacial score (nSPS) is 21.1. The van der Waals surface area contributed by atoms with E-state index in [-0.39, 0.29) is 11.5 Å². The summed E-state index contributed by atoms with van der Waals surface area (Å²) in [4.78, 5) is 11.7. The molecule has 2 heterocycles. The molecule has 0 amide bonds. The Morgan fingerprint density at radius 1 is 1.12 bits per heavy atom. The van der Waals surface area contributed by atoms with E-state index < -0.39 is 5.92 Å². The highest BCUT2D eigenvalue weighted by atomic mass is 19.3. The Morgan fingerprint density at radius 2 is 1.88 bits per heavy atom. The zero-order valence-corrected chi connectivity index (χ0v) is 19.3. The van der Waals surface area contributed by atoms with Crippen molar-refractivity contribution in [3.63, 3.8) is 0 Å². The quantitative estimate of drug-likeness (QED) is 0.519. The second kappa shape index (κ2) is 8.97. The van der Waals surface area contributed by atoms with Crippen molar-refractivity contribution in [2.45, 2.75) is 58.4 Å². The minimum Gasteiger partial charge on any atom is -0.370 e. The van der Waals surface area contributed by atoms with Gasteiger partial charge in [-0.05, 0) is 49.0 Å². The van der Waals surface area contributed by atoms with Crippen LogP contribution in [0.4, 0.5) is 8.78 Å². The Balaban J connectivity index is 1.57. The van der Waals surface area contributed by atoms with E-state index in [1.165, 1.54) is 29.0 Å². The number of likely N-dealkylation sites (N-methyl/N-ethyl adjacent to an activating group) is 1. The fraction of sp³-hybridized carbons (Fsp3) is 0.407. The van der Waals surface area contributed by atoms with Crippen LogP contribution < -0.4 is 0 Å². The molecule has 2 aliphatic rings. The number of hydrogen-bond donors (Lipinski definition) is 0. The summed E-state index contributed by atoms with van der Waals surface area (Å²) in [7, 11) is 2.07. The molecule has 2 atom stereocenters. The predicted molar refractivity (Wildman–Crippen MR) is 126 cm³/mol. The van der Waals surface area contributed by atoms with Crippen molar-refractivity contribution in [3.8, 4) is 0 Å². The highest BCUT2D eigenvalue weighted by Crippen LogP contribution is 2.41. The maximum Gasteiger partial charge on any atom is 0.270 e. The van der Waals surface area contributed by atoms with E-state index in [1.54, 1.807) is 12.1 Å². The van der Waals surface area contributed by atoms with Crippen LogP contribution >= 0.6 is 0 Å². The van der Waals surface area contributed by atoms with E-state index in [0.29, 0.717) is 12.5 Å². The molecule has 1 aliphatic carbocycles. The maximum absolute atomic E-state index is 13.6. The van der Waals surface area contributed by atoms with Gasteiger partial charge in [-0.25, -0.2) is 8.78 Å². The molecule has 2 aromatic rings. The van der Waals surface area contributed by atoms with Gasteiger partial charge >= 0.3 is 0 Å². The molecule has 3 nitrogen and oxygen atoms in total. The molecule has 0 saturated heterocycles. The Kier molecular flexibility index (Phi) is 6.27. The maximum atomic E-state index is 13.6. The van der Waals surface area contributed by atoms with Crippen LogP contribution in [0.1, 0.15) is 61.4 Å². The first kappa shape index (κ1) is 22.4. The number of aromatic nitrogens is 1. The minimum absolute atomic E-state index is 0.0466. The highest BCUT2D eigenvalue weighted by molar-refractivity contribution is 5.67. The second-order valence-electron chi connectivity index (χ2n) is 9.26. The van der Waals surface area contributed by atoms with Gasteiger partial charge in [0.15, 0.2) is 0 Å². The molecular weight excluding hydrogens is 404 g/mol. The first-order chi connectivity index (χ1) is 15.2. The summed E-state index contributed by atoms with van der Waals surface area (Å²) in [6.07, 6.45) is 9.13. The SMILES string of the molecule is Cc1ccc(C2CCC3=C(C2)C(N(C)Cc2ccc(C(C)(F)F)cc2)=CC(C)C=N3)nc1. The van der Waals surface area contributed by atoms with Crippen molar-refractivity contribution in [1.29, 1.82) is 0 Å². The van der Waals surface area contributed by atoms with Crippen molar-refractivity contribution >= 4 is 6.21 Å². The monoisotopic (exact) mass is 435 g/mol. The molecular formula is C27H31F2N3. The standard InChI is InChI=1S/C27H31F2N3/c1-18-5-11-24(30-15-18)21-8-12-25-23(14-21)26(13-19(2)16-31-25)32(4)17-20-6-9-22(10-7-20)27(3,28)29/h5-7,9-11,13,15-16,19,21H,8,12,14,17H2,1-4H3. The van der Waals surface area contributed by atoms with Gasteiger partial charge in [0.25, 0.3) is 5.92 Å². The van der Waals surface area contributed by atoms with Crippen molar-refractivity contribution < 1.29 is 8.78 Å². The summed E-state index contributed by atoms with van der Waals surface area (Å²) in [6.45, 7) is 5.79. The number of halogens is 2. The number of aryl methyl sites for hydroxylation is 1. The van der Waals surface area contributed by atoms with Crippen LogP contribution in [0.2, 0.25) is 0 Å². The lowest BCUT2D eigenvalue weighted by Gasteiger charge is -2.31. The van der Waals surface area contributed by atoms with Crippen molar-refractivity contribution in [1.82, 2.24) is 9.88 Å².